The van der Waals surface area contributed by atoms with Gasteiger partial charge in [0.25, 0.3) is 0 Å². The molecule has 39 heavy (non-hydrogen) atoms. The molecule has 2 aromatic carbocycles. The molecule has 0 bridgehead atoms. The van der Waals surface area contributed by atoms with E-state index in [1.165, 1.54) is 16.4 Å². The fraction of sp³-hybridized carbons (Fsp3) is 0.452. The van der Waals surface area contributed by atoms with Gasteiger partial charge < -0.3 is 4.90 Å². The molecule has 5 nitrogen and oxygen atoms in total. The van der Waals surface area contributed by atoms with Gasteiger partial charge in [0.1, 0.15) is 5.82 Å². The lowest BCUT2D eigenvalue weighted by Crippen LogP contribution is -2.47. The number of halogens is 1. The topological polar surface area (TPSA) is 57.7 Å². The van der Waals surface area contributed by atoms with Crippen LogP contribution in [0, 0.1) is 12.7 Å². The molecule has 0 unspecified atom stereocenters. The second-order valence-corrected chi connectivity index (χ2v) is 14.4. The highest BCUT2D eigenvalue weighted by Crippen LogP contribution is 2.30. The Morgan fingerprint density at radius 1 is 0.949 bits per heavy atom. The lowest BCUT2D eigenvalue weighted by molar-refractivity contribution is -0.133. The van der Waals surface area contributed by atoms with Crippen molar-refractivity contribution >= 4 is 27.3 Å². The summed E-state index contributed by atoms with van der Waals surface area (Å²) in [7, 11) is -3.90. The molecule has 0 spiro atoms. The van der Waals surface area contributed by atoms with Crippen molar-refractivity contribution < 1.29 is 17.6 Å². The van der Waals surface area contributed by atoms with Crippen molar-refractivity contribution in [2.45, 2.75) is 89.2 Å². The van der Waals surface area contributed by atoms with Crippen LogP contribution in [0.3, 0.4) is 0 Å². The Kier molecular flexibility index (Phi) is 9.29. The minimum atomic E-state index is -3.90. The fourth-order valence-electron chi connectivity index (χ4n) is 5.06. The van der Waals surface area contributed by atoms with Crippen molar-refractivity contribution in [1.82, 2.24) is 9.21 Å². The van der Waals surface area contributed by atoms with Crippen LogP contribution in [-0.2, 0) is 33.3 Å². The molecule has 1 amide bonds. The van der Waals surface area contributed by atoms with E-state index in [0.29, 0.717) is 6.54 Å². The minimum absolute atomic E-state index is 0.0951. The first-order chi connectivity index (χ1) is 18.4. The van der Waals surface area contributed by atoms with E-state index in [4.69, 9.17) is 0 Å². The van der Waals surface area contributed by atoms with Crippen LogP contribution in [0.15, 0.2) is 64.9 Å². The van der Waals surface area contributed by atoms with Gasteiger partial charge in [-0.2, -0.15) is 4.31 Å². The van der Waals surface area contributed by atoms with Gasteiger partial charge in [0, 0.05) is 17.5 Å². The number of carbonyl (C=O) groups excluding carboxylic acids is 1. The van der Waals surface area contributed by atoms with E-state index in [9.17, 15) is 17.6 Å². The number of hydrogen-bond donors (Lipinski definition) is 0. The summed E-state index contributed by atoms with van der Waals surface area (Å²) in [5.41, 5.74) is 2.84. The van der Waals surface area contributed by atoms with Crippen molar-refractivity contribution in [3.05, 3.63) is 87.4 Å². The van der Waals surface area contributed by atoms with E-state index in [0.717, 1.165) is 53.7 Å². The lowest BCUT2D eigenvalue weighted by atomic mass is 9.87. The predicted octanol–water partition coefficient (Wildman–Crippen LogP) is 7.05. The van der Waals surface area contributed by atoms with E-state index >= 15 is 0 Å². The zero-order chi connectivity index (χ0) is 28.2. The van der Waals surface area contributed by atoms with Crippen LogP contribution in [0.25, 0.3) is 0 Å². The highest BCUT2D eigenvalue weighted by Gasteiger charge is 2.35. The van der Waals surface area contributed by atoms with E-state index in [2.05, 4.69) is 20.8 Å². The first kappa shape index (κ1) is 29.4. The Balaban J connectivity index is 1.64. The highest BCUT2D eigenvalue weighted by atomic mass is 32.2. The molecular weight excluding hydrogens is 531 g/mol. The number of rotatable bonds is 9. The molecule has 8 heteroatoms. The van der Waals surface area contributed by atoms with Gasteiger partial charge in [-0.15, -0.1) is 11.3 Å². The molecule has 0 aliphatic heterocycles. The van der Waals surface area contributed by atoms with Gasteiger partial charge in [-0.3, -0.25) is 4.79 Å². The number of aryl methyl sites for hydroxylation is 1. The SMILES string of the molecule is Cc1ccsc1CN(Cc1ccc(F)cc1)C(=O)CN(C1CCCCC1)S(=O)(=O)c1ccc(C(C)(C)C)cc1. The number of amides is 1. The Morgan fingerprint density at radius 2 is 1.59 bits per heavy atom. The van der Waals surface area contributed by atoms with Crippen LogP contribution >= 0.6 is 11.3 Å². The molecule has 1 aromatic heterocycles. The second kappa shape index (κ2) is 12.3. The zero-order valence-corrected chi connectivity index (χ0v) is 25.0. The van der Waals surface area contributed by atoms with Gasteiger partial charge in [-0.1, -0.05) is 64.3 Å². The number of carbonyl (C=O) groups is 1. The monoisotopic (exact) mass is 570 g/mol. The van der Waals surface area contributed by atoms with E-state index in [1.54, 1.807) is 40.5 Å². The van der Waals surface area contributed by atoms with Gasteiger partial charge in [0.05, 0.1) is 18.0 Å². The summed E-state index contributed by atoms with van der Waals surface area (Å²) >= 11 is 1.58. The molecule has 3 aromatic rings. The van der Waals surface area contributed by atoms with Crippen molar-refractivity contribution in [1.29, 1.82) is 0 Å². The van der Waals surface area contributed by atoms with Crippen LogP contribution in [-0.4, -0.2) is 36.1 Å². The summed E-state index contributed by atoms with van der Waals surface area (Å²) in [5, 5.41) is 1.99. The Hall–Kier alpha value is -2.55. The van der Waals surface area contributed by atoms with Crippen LogP contribution in [0.4, 0.5) is 4.39 Å². The van der Waals surface area contributed by atoms with Crippen LogP contribution in [0.2, 0.25) is 0 Å². The molecule has 4 rings (SSSR count). The normalized spacial score (nSPS) is 15.0. The summed E-state index contributed by atoms with van der Waals surface area (Å²) < 4.78 is 43.1. The molecule has 1 saturated carbocycles. The van der Waals surface area contributed by atoms with Gasteiger partial charge in [0.15, 0.2) is 0 Å². The third-order valence-electron chi connectivity index (χ3n) is 7.54. The third-order valence-corrected chi connectivity index (χ3v) is 10.5. The molecule has 1 fully saturated rings. The summed E-state index contributed by atoms with van der Waals surface area (Å²) in [6.45, 7) is 8.71. The summed E-state index contributed by atoms with van der Waals surface area (Å²) in [6.07, 6.45) is 4.46. The number of thiophene rings is 1. The Bertz CT molecular complexity index is 1350. The molecule has 0 N–H and O–H groups in total. The first-order valence-corrected chi connectivity index (χ1v) is 15.9. The minimum Gasteiger partial charge on any atom is -0.332 e. The van der Waals surface area contributed by atoms with Crippen molar-refractivity contribution in [2.75, 3.05) is 6.54 Å². The number of nitrogens with zero attached hydrogens (tertiary/aromatic N) is 2. The van der Waals surface area contributed by atoms with Crippen molar-refractivity contribution in [2.24, 2.45) is 0 Å². The lowest BCUT2D eigenvalue weighted by Gasteiger charge is -2.34. The Labute approximate surface area is 236 Å². The molecule has 1 aliphatic rings. The summed E-state index contributed by atoms with van der Waals surface area (Å²) in [6, 6.07) is 15.0. The predicted molar refractivity (Wildman–Crippen MR) is 156 cm³/mol. The first-order valence-electron chi connectivity index (χ1n) is 13.6. The smallest absolute Gasteiger partial charge is 0.243 e. The van der Waals surface area contributed by atoms with Gasteiger partial charge in [-0.05, 0) is 77.6 Å². The number of hydrogen-bond acceptors (Lipinski definition) is 4. The van der Waals surface area contributed by atoms with Gasteiger partial charge in [-0.25, -0.2) is 12.8 Å². The fourth-order valence-corrected chi connectivity index (χ4v) is 7.61. The average molecular weight is 571 g/mol. The molecular formula is C31H39FN2O3S2. The maximum absolute atomic E-state index is 14.0. The molecule has 0 atom stereocenters. The summed E-state index contributed by atoms with van der Waals surface area (Å²) in [4.78, 5) is 16.9. The molecule has 0 radical (unpaired) electrons. The van der Waals surface area contributed by atoms with Crippen molar-refractivity contribution in [3.63, 3.8) is 0 Å². The average Bonchev–Trinajstić information content (AvgIpc) is 3.32. The maximum Gasteiger partial charge on any atom is 0.243 e. The molecule has 1 heterocycles. The Morgan fingerprint density at radius 3 is 2.15 bits per heavy atom. The molecule has 0 saturated heterocycles. The van der Waals surface area contributed by atoms with Crippen molar-refractivity contribution in [3.8, 4) is 0 Å². The number of sulfonamides is 1. The van der Waals surface area contributed by atoms with Gasteiger partial charge in [0.2, 0.25) is 15.9 Å². The van der Waals surface area contributed by atoms with E-state index in [-0.39, 0.29) is 41.2 Å². The van der Waals surface area contributed by atoms with Crippen LogP contribution in [0.5, 0.6) is 0 Å². The van der Waals surface area contributed by atoms with E-state index in [1.807, 2.05) is 30.5 Å². The number of benzene rings is 2. The third kappa shape index (κ3) is 7.35. The maximum atomic E-state index is 14.0. The largest absolute Gasteiger partial charge is 0.332 e. The van der Waals surface area contributed by atoms with Crippen LogP contribution < -0.4 is 0 Å². The highest BCUT2D eigenvalue weighted by molar-refractivity contribution is 7.89. The summed E-state index contributed by atoms with van der Waals surface area (Å²) in [5.74, 6) is -0.592. The molecule has 1 aliphatic carbocycles. The van der Waals surface area contributed by atoms with E-state index < -0.39 is 10.0 Å². The van der Waals surface area contributed by atoms with Crippen LogP contribution in [0.1, 0.15) is 74.4 Å². The standard InChI is InChI=1S/C31H39FN2O3S2/c1-23-18-19-38-29(23)21-33(20-24-10-14-26(32)15-11-24)30(35)22-34(27-8-6-5-7-9-27)39(36,37)28-16-12-25(13-17-28)31(2,3)4/h10-19,27H,5-9,20-22H2,1-4H3. The quantitative estimate of drug-likeness (QED) is 0.277. The molecule has 210 valence electrons. The van der Waals surface area contributed by atoms with Gasteiger partial charge >= 0.3 is 0 Å². The second-order valence-electron chi connectivity index (χ2n) is 11.5. The zero-order valence-electron chi connectivity index (χ0n) is 23.3.